The van der Waals surface area contributed by atoms with Crippen LogP contribution in [0.5, 0.6) is 5.75 Å². The van der Waals surface area contributed by atoms with Crippen molar-refractivity contribution in [1.29, 1.82) is 0 Å². The van der Waals surface area contributed by atoms with Gasteiger partial charge < -0.3 is 14.7 Å². The number of hydrogen-bond donors (Lipinski definition) is 1. The van der Waals surface area contributed by atoms with Crippen molar-refractivity contribution < 1.29 is 14.6 Å². The van der Waals surface area contributed by atoms with E-state index in [1.165, 1.54) is 0 Å². The molecule has 0 saturated carbocycles. The van der Waals surface area contributed by atoms with Gasteiger partial charge in [-0.05, 0) is 56.9 Å². The molecule has 1 fully saturated rings. The van der Waals surface area contributed by atoms with E-state index in [4.69, 9.17) is 14.7 Å². The minimum atomic E-state index is -0.717. The number of benzene rings is 1. The van der Waals surface area contributed by atoms with Crippen molar-refractivity contribution in [2.24, 2.45) is 5.41 Å². The monoisotopic (exact) mass is 383 g/mol. The molecule has 1 aromatic heterocycles. The van der Waals surface area contributed by atoms with Crippen molar-refractivity contribution in [2.45, 2.75) is 46.0 Å². The van der Waals surface area contributed by atoms with Gasteiger partial charge in [0.05, 0.1) is 18.2 Å². The van der Waals surface area contributed by atoms with E-state index in [1.54, 1.807) is 7.11 Å². The Morgan fingerprint density at radius 1 is 1.25 bits per heavy atom. The van der Waals surface area contributed by atoms with E-state index in [0.29, 0.717) is 25.9 Å². The minimum Gasteiger partial charge on any atom is -0.497 e. The van der Waals surface area contributed by atoms with Crippen molar-refractivity contribution in [3.05, 3.63) is 36.2 Å². The van der Waals surface area contributed by atoms with Gasteiger partial charge in [0, 0.05) is 24.8 Å². The summed E-state index contributed by atoms with van der Waals surface area (Å²) >= 11 is 0. The summed E-state index contributed by atoms with van der Waals surface area (Å²) in [7, 11) is 1.65. The molecule has 6 heteroatoms. The van der Waals surface area contributed by atoms with Crippen LogP contribution in [0, 0.1) is 5.41 Å². The van der Waals surface area contributed by atoms with Gasteiger partial charge >= 0.3 is 5.97 Å². The summed E-state index contributed by atoms with van der Waals surface area (Å²) in [6, 6.07) is 7.82. The number of carbonyl (C=O) groups is 1. The first-order valence-electron chi connectivity index (χ1n) is 9.95. The number of aliphatic carboxylic acids is 1. The smallest absolute Gasteiger partial charge is 0.309 e. The van der Waals surface area contributed by atoms with E-state index in [9.17, 15) is 9.90 Å². The second-order valence-corrected chi connectivity index (χ2v) is 7.72. The zero-order valence-corrected chi connectivity index (χ0v) is 16.9. The first kappa shape index (κ1) is 20.1. The lowest BCUT2D eigenvalue weighted by molar-refractivity contribution is -0.149. The van der Waals surface area contributed by atoms with E-state index < -0.39 is 11.4 Å². The topological polar surface area (TPSA) is 75.5 Å². The molecule has 0 spiro atoms. The molecule has 0 amide bonds. The molecule has 1 N–H and O–H groups in total. The Hall–Kier alpha value is -2.63. The van der Waals surface area contributed by atoms with Crippen molar-refractivity contribution >= 4 is 11.8 Å². The first-order chi connectivity index (χ1) is 13.5. The highest BCUT2D eigenvalue weighted by Crippen LogP contribution is 2.36. The van der Waals surface area contributed by atoms with Gasteiger partial charge in [-0.25, -0.2) is 4.98 Å². The predicted molar refractivity (Wildman–Crippen MR) is 110 cm³/mol. The summed E-state index contributed by atoms with van der Waals surface area (Å²) < 4.78 is 5.26. The molecule has 150 valence electrons. The number of piperidine rings is 1. The molecule has 1 aliphatic heterocycles. The number of anilines is 1. The van der Waals surface area contributed by atoms with Crippen LogP contribution < -0.4 is 9.64 Å². The summed E-state index contributed by atoms with van der Waals surface area (Å²) in [5, 5.41) is 9.52. The van der Waals surface area contributed by atoms with E-state index in [0.717, 1.165) is 47.8 Å². The molecule has 1 saturated heterocycles. The summed E-state index contributed by atoms with van der Waals surface area (Å²) in [4.78, 5) is 23.4. The van der Waals surface area contributed by atoms with Crippen molar-refractivity contribution in [3.63, 3.8) is 0 Å². The van der Waals surface area contributed by atoms with Crippen LogP contribution in [-0.4, -0.2) is 41.2 Å². The Morgan fingerprint density at radius 2 is 1.93 bits per heavy atom. The number of unbranched alkanes of at least 4 members (excludes halogenated alkanes) is 1. The number of ether oxygens (including phenoxy) is 1. The Bertz CT molecular complexity index is 812. The normalized spacial score (nSPS) is 16.0. The number of hydrogen-bond acceptors (Lipinski definition) is 5. The van der Waals surface area contributed by atoms with E-state index in [2.05, 4.69) is 11.8 Å². The Kier molecular flexibility index (Phi) is 6.17. The van der Waals surface area contributed by atoms with E-state index >= 15 is 0 Å². The van der Waals surface area contributed by atoms with Crippen LogP contribution >= 0.6 is 0 Å². The van der Waals surface area contributed by atoms with Crippen LogP contribution in [0.4, 0.5) is 5.82 Å². The second-order valence-electron chi connectivity index (χ2n) is 7.72. The Balaban J connectivity index is 1.93. The van der Waals surface area contributed by atoms with Gasteiger partial charge in [0.2, 0.25) is 0 Å². The second kappa shape index (κ2) is 8.59. The van der Waals surface area contributed by atoms with Crippen molar-refractivity contribution in [2.75, 3.05) is 25.1 Å². The van der Waals surface area contributed by atoms with Gasteiger partial charge in [-0.1, -0.05) is 13.3 Å². The third-order valence-electron chi connectivity index (χ3n) is 5.64. The summed E-state index contributed by atoms with van der Waals surface area (Å²) in [5.41, 5.74) is 2.14. The maximum Gasteiger partial charge on any atom is 0.309 e. The molecule has 0 unspecified atom stereocenters. The number of aryl methyl sites for hydroxylation is 1. The predicted octanol–water partition coefficient (Wildman–Crippen LogP) is 4.19. The number of methoxy groups -OCH3 is 1. The third kappa shape index (κ3) is 4.26. The standard InChI is InChI=1S/C22H29N3O3/c1-4-5-6-17-15-23-19(16-7-9-18(28-3)10-8-16)20(24-17)25-13-11-22(2,12-14-25)21(26)27/h7-10,15H,4-6,11-14H2,1-3H3,(H,26,27). The lowest BCUT2D eigenvalue weighted by atomic mass is 9.80. The fourth-order valence-corrected chi connectivity index (χ4v) is 3.49. The summed E-state index contributed by atoms with van der Waals surface area (Å²) in [6.07, 6.45) is 6.16. The Labute approximate surface area is 166 Å². The third-order valence-corrected chi connectivity index (χ3v) is 5.64. The molecule has 6 nitrogen and oxygen atoms in total. The van der Waals surface area contributed by atoms with Crippen LogP contribution in [0.25, 0.3) is 11.3 Å². The molecule has 1 aliphatic rings. The molecular formula is C22H29N3O3. The van der Waals surface area contributed by atoms with Gasteiger partial charge in [-0.3, -0.25) is 9.78 Å². The Morgan fingerprint density at radius 3 is 2.50 bits per heavy atom. The van der Waals surface area contributed by atoms with Crippen LogP contribution in [0.1, 0.15) is 45.2 Å². The van der Waals surface area contributed by atoms with Crippen molar-refractivity contribution in [1.82, 2.24) is 9.97 Å². The number of rotatable bonds is 7. The van der Waals surface area contributed by atoms with Gasteiger partial charge in [0.1, 0.15) is 11.4 Å². The van der Waals surface area contributed by atoms with Gasteiger partial charge in [0.25, 0.3) is 0 Å². The molecule has 28 heavy (non-hydrogen) atoms. The average Bonchev–Trinajstić information content (AvgIpc) is 2.72. The van der Waals surface area contributed by atoms with Gasteiger partial charge in [0.15, 0.2) is 5.82 Å². The zero-order chi connectivity index (χ0) is 20.1. The molecule has 0 radical (unpaired) electrons. The molecule has 0 bridgehead atoms. The number of nitrogens with zero attached hydrogens (tertiary/aromatic N) is 3. The summed E-state index contributed by atoms with van der Waals surface area (Å²) in [6.45, 7) is 5.33. The molecule has 3 rings (SSSR count). The summed E-state index contributed by atoms with van der Waals surface area (Å²) in [5.74, 6) is 0.935. The lowest BCUT2D eigenvalue weighted by Gasteiger charge is -2.37. The highest BCUT2D eigenvalue weighted by atomic mass is 16.5. The quantitative estimate of drug-likeness (QED) is 0.773. The number of aromatic nitrogens is 2. The minimum absolute atomic E-state index is 0.602. The molecule has 2 aromatic rings. The van der Waals surface area contributed by atoms with E-state index in [-0.39, 0.29) is 0 Å². The maximum absolute atomic E-state index is 11.6. The number of carboxylic acid groups (broad SMARTS) is 1. The first-order valence-corrected chi connectivity index (χ1v) is 9.95. The highest BCUT2D eigenvalue weighted by molar-refractivity contribution is 5.76. The maximum atomic E-state index is 11.6. The fourth-order valence-electron chi connectivity index (χ4n) is 3.49. The zero-order valence-electron chi connectivity index (χ0n) is 16.9. The van der Waals surface area contributed by atoms with E-state index in [1.807, 2.05) is 37.4 Å². The van der Waals surface area contributed by atoms with Crippen molar-refractivity contribution in [3.8, 4) is 17.0 Å². The molecule has 1 aromatic carbocycles. The SMILES string of the molecule is CCCCc1cnc(-c2ccc(OC)cc2)c(N2CCC(C)(C(=O)O)CC2)n1. The highest BCUT2D eigenvalue weighted by Gasteiger charge is 2.37. The lowest BCUT2D eigenvalue weighted by Crippen LogP contribution is -2.43. The number of carboxylic acids is 1. The molecule has 2 heterocycles. The fraction of sp³-hybridized carbons (Fsp3) is 0.500. The largest absolute Gasteiger partial charge is 0.497 e. The van der Waals surface area contributed by atoms with Crippen LogP contribution in [0.3, 0.4) is 0 Å². The van der Waals surface area contributed by atoms with Crippen LogP contribution in [-0.2, 0) is 11.2 Å². The molecule has 0 aliphatic carbocycles. The molecular weight excluding hydrogens is 354 g/mol. The van der Waals surface area contributed by atoms with Gasteiger partial charge in [-0.15, -0.1) is 0 Å². The molecule has 0 atom stereocenters. The van der Waals surface area contributed by atoms with Gasteiger partial charge in [-0.2, -0.15) is 0 Å². The van der Waals surface area contributed by atoms with Crippen LogP contribution in [0.15, 0.2) is 30.5 Å². The average molecular weight is 383 g/mol. The van der Waals surface area contributed by atoms with Crippen LogP contribution in [0.2, 0.25) is 0 Å².